The van der Waals surface area contributed by atoms with Crippen LogP contribution in [-0.4, -0.2) is 36.6 Å². The zero-order chi connectivity index (χ0) is 9.68. The number of aromatic nitrogens is 2. The van der Waals surface area contributed by atoms with E-state index in [-0.39, 0.29) is 0 Å². The second kappa shape index (κ2) is 4.87. The molecule has 0 saturated heterocycles. The van der Waals surface area contributed by atoms with E-state index in [1.54, 1.807) is 19.4 Å². The van der Waals surface area contributed by atoms with Crippen LogP contribution in [0.1, 0.15) is 0 Å². The second-order valence-electron chi connectivity index (χ2n) is 2.51. The Balaban J connectivity index is 2.75. The highest BCUT2D eigenvalue weighted by Crippen LogP contribution is 2.10. The smallest absolute Gasteiger partial charge is 0.228 e. The van der Waals surface area contributed by atoms with Gasteiger partial charge >= 0.3 is 0 Å². The van der Waals surface area contributed by atoms with Crippen molar-refractivity contribution in [1.29, 1.82) is 0 Å². The Morgan fingerprint density at radius 2 is 2.38 bits per heavy atom. The Morgan fingerprint density at radius 1 is 1.62 bits per heavy atom. The van der Waals surface area contributed by atoms with E-state index in [9.17, 15) is 0 Å². The van der Waals surface area contributed by atoms with Crippen LogP contribution in [0.3, 0.4) is 0 Å². The van der Waals surface area contributed by atoms with Gasteiger partial charge < -0.3 is 9.64 Å². The molecule has 0 aliphatic rings. The standard InChI is InChI=1S/C8H12ClN3O/c1-12(6-4-9)8-10-5-3-7(11-8)13-2/h3,5H,4,6H2,1-2H3. The highest BCUT2D eigenvalue weighted by Gasteiger charge is 2.03. The predicted molar refractivity (Wildman–Crippen MR) is 52.6 cm³/mol. The summed E-state index contributed by atoms with van der Waals surface area (Å²) >= 11 is 5.59. The van der Waals surface area contributed by atoms with Gasteiger partial charge in [-0.05, 0) is 0 Å². The van der Waals surface area contributed by atoms with E-state index in [0.717, 1.165) is 0 Å². The van der Waals surface area contributed by atoms with Crippen molar-refractivity contribution >= 4 is 17.5 Å². The quantitative estimate of drug-likeness (QED) is 0.686. The predicted octanol–water partition coefficient (Wildman–Crippen LogP) is 1.16. The van der Waals surface area contributed by atoms with Crippen LogP contribution in [-0.2, 0) is 0 Å². The second-order valence-corrected chi connectivity index (χ2v) is 2.89. The van der Waals surface area contributed by atoms with Crippen molar-refractivity contribution in [3.63, 3.8) is 0 Å². The minimum Gasteiger partial charge on any atom is -0.481 e. The molecule has 0 atom stereocenters. The van der Waals surface area contributed by atoms with E-state index in [2.05, 4.69) is 9.97 Å². The van der Waals surface area contributed by atoms with Crippen molar-refractivity contribution in [3.05, 3.63) is 12.3 Å². The fourth-order valence-corrected chi connectivity index (χ4v) is 1.11. The number of rotatable bonds is 4. The highest BCUT2D eigenvalue weighted by molar-refractivity contribution is 6.18. The summed E-state index contributed by atoms with van der Waals surface area (Å²) in [4.78, 5) is 10.1. The van der Waals surface area contributed by atoms with Crippen LogP contribution >= 0.6 is 11.6 Å². The molecule has 0 unspecified atom stereocenters. The zero-order valence-electron chi connectivity index (χ0n) is 7.70. The largest absolute Gasteiger partial charge is 0.481 e. The first-order chi connectivity index (χ1) is 6.27. The summed E-state index contributed by atoms with van der Waals surface area (Å²) in [6, 6.07) is 1.71. The first-order valence-electron chi connectivity index (χ1n) is 3.92. The minimum atomic E-state index is 0.553. The molecule has 1 heterocycles. The van der Waals surface area contributed by atoms with Gasteiger partial charge in [0, 0.05) is 31.7 Å². The summed E-state index contributed by atoms with van der Waals surface area (Å²) in [6.07, 6.45) is 1.66. The van der Waals surface area contributed by atoms with Crippen molar-refractivity contribution in [2.45, 2.75) is 0 Å². The van der Waals surface area contributed by atoms with E-state index in [1.807, 2.05) is 11.9 Å². The molecule has 1 aromatic heterocycles. The SMILES string of the molecule is COc1ccnc(N(C)CCCl)n1. The van der Waals surface area contributed by atoms with Gasteiger partial charge in [0.15, 0.2) is 0 Å². The fraction of sp³-hybridized carbons (Fsp3) is 0.500. The van der Waals surface area contributed by atoms with Gasteiger partial charge in [0.2, 0.25) is 11.8 Å². The van der Waals surface area contributed by atoms with Crippen LogP contribution in [0.2, 0.25) is 0 Å². The molecular formula is C8H12ClN3O. The Kier molecular flexibility index (Phi) is 3.76. The summed E-state index contributed by atoms with van der Waals surface area (Å²) in [6.45, 7) is 0.717. The first-order valence-corrected chi connectivity index (χ1v) is 4.45. The third kappa shape index (κ3) is 2.73. The zero-order valence-corrected chi connectivity index (χ0v) is 8.45. The van der Waals surface area contributed by atoms with Gasteiger partial charge in [-0.1, -0.05) is 0 Å². The van der Waals surface area contributed by atoms with E-state index >= 15 is 0 Å². The van der Waals surface area contributed by atoms with Crippen LogP contribution in [0, 0.1) is 0 Å². The number of hydrogen-bond donors (Lipinski definition) is 0. The number of anilines is 1. The topological polar surface area (TPSA) is 38.2 Å². The molecule has 1 aromatic rings. The molecule has 0 amide bonds. The number of halogens is 1. The number of methoxy groups -OCH3 is 1. The molecule has 1 rings (SSSR count). The maximum atomic E-state index is 5.59. The molecule has 72 valence electrons. The number of nitrogens with zero attached hydrogens (tertiary/aromatic N) is 3. The molecule has 0 fully saturated rings. The van der Waals surface area contributed by atoms with E-state index in [1.165, 1.54) is 0 Å². The molecule has 0 aliphatic carbocycles. The molecule has 4 nitrogen and oxygen atoms in total. The first kappa shape index (κ1) is 10.1. The van der Waals surface area contributed by atoms with Gasteiger partial charge in [0.25, 0.3) is 0 Å². The summed E-state index contributed by atoms with van der Waals surface area (Å²) in [7, 11) is 3.46. The molecule has 0 radical (unpaired) electrons. The average molecular weight is 202 g/mol. The van der Waals surface area contributed by atoms with Crippen LogP contribution in [0.5, 0.6) is 5.88 Å². The van der Waals surface area contributed by atoms with Gasteiger partial charge in [-0.25, -0.2) is 4.98 Å². The third-order valence-electron chi connectivity index (χ3n) is 1.59. The lowest BCUT2D eigenvalue weighted by Gasteiger charge is -2.14. The Labute approximate surface area is 82.5 Å². The molecule has 5 heteroatoms. The molecule has 0 spiro atoms. The molecule has 0 N–H and O–H groups in total. The van der Waals surface area contributed by atoms with Gasteiger partial charge in [-0.3, -0.25) is 0 Å². The molecule has 0 aliphatic heterocycles. The monoisotopic (exact) mass is 201 g/mol. The Morgan fingerprint density at radius 3 is 3.00 bits per heavy atom. The number of alkyl halides is 1. The van der Waals surface area contributed by atoms with Crippen LogP contribution in [0.25, 0.3) is 0 Å². The van der Waals surface area contributed by atoms with Crippen LogP contribution in [0.15, 0.2) is 12.3 Å². The van der Waals surface area contributed by atoms with Gasteiger partial charge in [0.05, 0.1) is 7.11 Å². The fourth-order valence-electron chi connectivity index (χ4n) is 0.857. The number of ether oxygens (including phenoxy) is 1. The average Bonchev–Trinajstić information content (AvgIpc) is 2.18. The maximum absolute atomic E-state index is 5.59. The van der Waals surface area contributed by atoms with Crippen molar-refractivity contribution in [2.75, 3.05) is 31.5 Å². The molecule has 0 saturated carbocycles. The lowest BCUT2D eigenvalue weighted by molar-refractivity contribution is 0.397. The van der Waals surface area contributed by atoms with Crippen molar-refractivity contribution in [2.24, 2.45) is 0 Å². The van der Waals surface area contributed by atoms with Gasteiger partial charge in [-0.15, -0.1) is 11.6 Å². The lowest BCUT2D eigenvalue weighted by atomic mass is 10.6. The molecule has 0 aromatic carbocycles. The van der Waals surface area contributed by atoms with Crippen LogP contribution in [0.4, 0.5) is 5.95 Å². The molecule has 13 heavy (non-hydrogen) atoms. The highest BCUT2D eigenvalue weighted by atomic mass is 35.5. The number of hydrogen-bond acceptors (Lipinski definition) is 4. The molecular weight excluding hydrogens is 190 g/mol. The van der Waals surface area contributed by atoms with Crippen molar-refractivity contribution in [1.82, 2.24) is 9.97 Å². The van der Waals surface area contributed by atoms with E-state index in [0.29, 0.717) is 24.3 Å². The normalized spacial score (nSPS) is 9.77. The maximum Gasteiger partial charge on any atom is 0.228 e. The van der Waals surface area contributed by atoms with E-state index in [4.69, 9.17) is 16.3 Å². The van der Waals surface area contributed by atoms with Gasteiger partial charge in [-0.2, -0.15) is 4.98 Å². The van der Waals surface area contributed by atoms with Gasteiger partial charge in [0.1, 0.15) is 0 Å². The lowest BCUT2D eigenvalue weighted by Crippen LogP contribution is -2.21. The van der Waals surface area contributed by atoms with E-state index < -0.39 is 0 Å². The van der Waals surface area contributed by atoms with Crippen molar-refractivity contribution < 1.29 is 4.74 Å². The summed E-state index contributed by atoms with van der Waals surface area (Å²) in [5.41, 5.74) is 0. The molecule has 0 bridgehead atoms. The Bertz CT molecular complexity index is 269. The summed E-state index contributed by atoms with van der Waals surface area (Å²) in [5, 5.41) is 0. The summed E-state index contributed by atoms with van der Waals surface area (Å²) < 4.78 is 4.97. The Hall–Kier alpha value is -1.03. The summed E-state index contributed by atoms with van der Waals surface area (Å²) in [5.74, 6) is 1.74. The minimum absolute atomic E-state index is 0.553. The van der Waals surface area contributed by atoms with Crippen molar-refractivity contribution in [3.8, 4) is 5.88 Å². The third-order valence-corrected chi connectivity index (χ3v) is 1.76. The van der Waals surface area contributed by atoms with Crippen LogP contribution < -0.4 is 9.64 Å².